The highest BCUT2D eigenvalue weighted by molar-refractivity contribution is 5.87. The van der Waals surface area contributed by atoms with E-state index in [1.54, 1.807) is 6.92 Å². The number of hydrogen-bond acceptors (Lipinski definition) is 3. The zero-order valence-corrected chi connectivity index (χ0v) is 7.55. The molecular weight excluding hydrogens is 156 g/mol. The highest BCUT2D eigenvalue weighted by Crippen LogP contribution is 2.19. The summed E-state index contributed by atoms with van der Waals surface area (Å²) in [7, 11) is 0. The Kier molecular flexibility index (Phi) is 3.14. The number of rotatable bonds is 2. The van der Waals surface area contributed by atoms with Crippen molar-refractivity contribution in [3.05, 3.63) is 11.3 Å². The lowest BCUT2D eigenvalue weighted by atomic mass is 10.1. The maximum absolute atomic E-state index is 11.2. The Bertz CT molecular complexity index is 206. The molecular formula is C9H14O3. The van der Waals surface area contributed by atoms with Gasteiger partial charge in [0.2, 0.25) is 5.76 Å². The first-order chi connectivity index (χ1) is 5.75. The summed E-state index contributed by atoms with van der Waals surface area (Å²) in [6.45, 7) is 4.73. The third kappa shape index (κ3) is 2.00. The fourth-order valence-electron chi connectivity index (χ4n) is 1.18. The van der Waals surface area contributed by atoms with Crippen molar-refractivity contribution >= 4 is 5.97 Å². The molecule has 0 aromatic heterocycles. The van der Waals surface area contributed by atoms with Gasteiger partial charge in [-0.2, -0.15) is 0 Å². The Morgan fingerprint density at radius 1 is 1.67 bits per heavy atom. The van der Waals surface area contributed by atoms with Crippen LogP contribution in [0, 0.1) is 0 Å². The predicted molar refractivity (Wildman–Crippen MR) is 44.5 cm³/mol. The molecule has 1 heterocycles. The van der Waals surface area contributed by atoms with Gasteiger partial charge >= 0.3 is 5.97 Å². The van der Waals surface area contributed by atoms with Crippen molar-refractivity contribution in [2.75, 3.05) is 13.2 Å². The van der Waals surface area contributed by atoms with E-state index < -0.39 is 0 Å². The summed E-state index contributed by atoms with van der Waals surface area (Å²) in [6.07, 6.45) is 1.93. The molecule has 0 N–H and O–H groups in total. The second-order valence-electron chi connectivity index (χ2n) is 2.78. The quantitative estimate of drug-likeness (QED) is 0.591. The van der Waals surface area contributed by atoms with Crippen molar-refractivity contribution < 1.29 is 14.3 Å². The van der Waals surface area contributed by atoms with E-state index in [-0.39, 0.29) is 5.97 Å². The lowest BCUT2D eigenvalue weighted by molar-refractivity contribution is -0.143. The molecule has 0 saturated heterocycles. The van der Waals surface area contributed by atoms with Gasteiger partial charge in [0, 0.05) is 0 Å². The SMILES string of the molecule is CCOC(=O)C1=C(C)CCCO1. The minimum atomic E-state index is -0.324. The van der Waals surface area contributed by atoms with Crippen LogP contribution in [0.1, 0.15) is 26.7 Å². The Morgan fingerprint density at radius 2 is 2.42 bits per heavy atom. The van der Waals surface area contributed by atoms with Crippen molar-refractivity contribution in [3.8, 4) is 0 Å². The molecule has 68 valence electrons. The molecule has 0 saturated carbocycles. The number of hydrogen-bond donors (Lipinski definition) is 0. The minimum Gasteiger partial charge on any atom is -0.487 e. The zero-order valence-electron chi connectivity index (χ0n) is 7.55. The lowest BCUT2D eigenvalue weighted by Gasteiger charge is -2.17. The Morgan fingerprint density at radius 3 is 3.00 bits per heavy atom. The summed E-state index contributed by atoms with van der Waals surface area (Å²) in [5.74, 6) is 0.0952. The van der Waals surface area contributed by atoms with E-state index in [4.69, 9.17) is 9.47 Å². The van der Waals surface area contributed by atoms with E-state index in [0.717, 1.165) is 18.4 Å². The topological polar surface area (TPSA) is 35.5 Å². The van der Waals surface area contributed by atoms with Gasteiger partial charge in [0.05, 0.1) is 13.2 Å². The first kappa shape index (κ1) is 9.10. The molecule has 12 heavy (non-hydrogen) atoms. The Balaban J connectivity index is 2.64. The lowest BCUT2D eigenvalue weighted by Crippen LogP contribution is -2.16. The maximum atomic E-state index is 11.2. The van der Waals surface area contributed by atoms with Crippen LogP contribution in [0.15, 0.2) is 11.3 Å². The summed E-state index contributed by atoms with van der Waals surface area (Å²) in [6, 6.07) is 0. The zero-order chi connectivity index (χ0) is 8.97. The molecule has 3 nitrogen and oxygen atoms in total. The fourth-order valence-corrected chi connectivity index (χ4v) is 1.18. The Labute approximate surface area is 72.4 Å². The van der Waals surface area contributed by atoms with Crippen LogP contribution in [0.4, 0.5) is 0 Å². The van der Waals surface area contributed by atoms with Crippen LogP contribution in [-0.4, -0.2) is 19.2 Å². The van der Waals surface area contributed by atoms with Gasteiger partial charge in [-0.05, 0) is 32.3 Å². The van der Waals surface area contributed by atoms with E-state index in [2.05, 4.69) is 0 Å². The maximum Gasteiger partial charge on any atom is 0.373 e. The van der Waals surface area contributed by atoms with Crippen molar-refractivity contribution in [1.29, 1.82) is 0 Å². The molecule has 0 aromatic rings. The number of ether oxygens (including phenoxy) is 2. The van der Waals surface area contributed by atoms with Gasteiger partial charge in [-0.1, -0.05) is 0 Å². The van der Waals surface area contributed by atoms with Crippen LogP contribution in [0.3, 0.4) is 0 Å². The van der Waals surface area contributed by atoms with Gasteiger partial charge in [0.15, 0.2) is 0 Å². The third-order valence-electron chi connectivity index (χ3n) is 1.79. The van der Waals surface area contributed by atoms with E-state index >= 15 is 0 Å². The molecule has 0 radical (unpaired) electrons. The normalized spacial score (nSPS) is 17.2. The summed E-state index contributed by atoms with van der Waals surface area (Å²) in [5.41, 5.74) is 1.000. The number of allylic oxidation sites excluding steroid dienone is 1. The molecule has 0 aromatic carbocycles. The van der Waals surface area contributed by atoms with Gasteiger partial charge in [-0.25, -0.2) is 4.79 Å². The van der Waals surface area contributed by atoms with Crippen LogP contribution in [0.5, 0.6) is 0 Å². The van der Waals surface area contributed by atoms with Gasteiger partial charge < -0.3 is 9.47 Å². The number of carbonyl (C=O) groups is 1. The average molecular weight is 170 g/mol. The molecule has 0 fully saturated rings. The highest BCUT2D eigenvalue weighted by atomic mass is 16.6. The van der Waals surface area contributed by atoms with Crippen molar-refractivity contribution in [3.63, 3.8) is 0 Å². The smallest absolute Gasteiger partial charge is 0.373 e. The summed E-state index contributed by atoms with van der Waals surface area (Å²) >= 11 is 0. The molecule has 0 aliphatic carbocycles. The minimum absolute atomic E-state index is 0.324. The third-order valence-corrected chi connectivity index (χ3v) is 1.79. The number of carbonyl (C=O) groups excluding carboxylic acids is 1. The molecule has 0 bridgehead atoms. The van der Waals surface area contributed by atoms with Gasteiger partial charge in [0.1, 0.15) is 0 Å². The molecule has 1 aliphatic rings. The van der Waals surface area contributed by atoms with Gasteiger partial charge in [0.25, 0.3) is 0 Å². The second kappa shape index (κ2) is 4.14. The first-order valence-corrected chi connectivity index (χ1v) is 4.25. The van der Waals surface area contributed by atoms with Crippen LogP contribution in [0.2, 0.25) is 0 Å². The highest BCUT2D eigenvalue weighted by Gasteiger charge is 2.18. The van der Waals surface area contributed by atoms with Crippen molar-refractivity contribution in [1.82, 2.24) is 0 Å². The second-order valence-corrected chi connectivity index (χ2v) is 2.78. The standard InChI is InChI=1S/C9H14O3/c1-3-11-9(10)8-7(2)5-4-6-12-8/h3-6H2,1-2H3. The van der Waals surface area contributed by atoms with Crippen molar-refractivity contribution in [2.24, 2.45) is 0 Å². The predicted octanol–water partition coefficient (Wildman–Crippen LogP) is 1.63. The first-order valence-electron chi connectivity index (χ1n) is 4.25. The van der Waals surface area contributed by atoms with E-state index in [1.807, 2.05) is 6.92 Å². The molecule has 0 spiro atoms. The van der Waals surface area contributed by atoms with Crippen LogP contribution >= 0.6 is 0 Å². The average Bonchev–Trinajstić information content (AvgIpc) is 2.05. The Hall–Kier alpha value is -0.990. The molecule has 0 amide bonds. The summed E-state index contributed by atoms with van der Waals surface area (Å²) in [4.78, 5) is 11.2. The summed E-state index contributed by atoms with van der Waals surface area (Å²) < 4.78 is 10.0. The summed E-state index contributed by atoms with van der Waals surface area (Å²) in [5, 5.41) is 0. The molecule has 0 unspecified atom stereocenters. The molecule has 3 heteroatoms. The molecule has 1 aliphatic heterocycles. The van der Waals surface area contributed by atoms with Gasteiger partial charge in [-0.3, -0.25) is 0 Å². The number of esters is 1. The van der Waals surface area contributed by atoms with Crippen LogP contribution < -0.4 is 0 Å². The fraction of sp³-hybridized carbons (Fsp3) is 0.667. The largest absolute Gasteiger partial charge is 0.487 e. The monoisotopic (exact) mass is 170 g/mol. The van der Waals surface area contributed by atoms with Crippen molar-refractivity contribution in [2.45, 2.75) is 26.7 Å². The van der Waals surface area contributed by atoms with E-state index in [9.17, 15) is 4.79 Å². The van der Waals surface area contributed by atoms with Crippen LogP contribution in [0.25, 0.3) is 0 Å². The van der Waals surface area contributed by atoms with E-state index in [1.165, 1.54) is 0 Å². The molecule has 0 atom stereocenters. The van der Waals surface area contributed by atoms with E-state index in [0.29, 0.717) is 19.0 Å². The molecule has 1 rings (SSSR count). The van der Waals surface area contributed by atoms with Gasteiger partial charge in [-0.15, -0.1) is 0 Å². The van der Waals surface area contributed by atoms with Crippen LogP contribution in [-0.2, 0) is 14.3 Å².